The Bertz CT molecular complexity index is 808. The van der Waals surface area contributed by atoms with E-state index in [2.05, 4.69) is 26.7 Å². The molecule has 2 aromatic rings. The second-order valence-electron chi connectivity index (χ2n) is 8.80. The Morgan fingerprint density at radius 3 is 2.39 bits per heavy atom. The van der Waals surface area contributed by atoms with Gasteiger partial charge in [0.1, 0.15) is 5.60 Å². The molecule has 0 saturated heterocycles. The number of amides is 1. The van der Waals surface area contributed by atoms with E-state index in [1.165, 1.54) is 0 Å². The van der Waals surface area contributed by atoms with E-state index >= 15 is 0 Å². The fraction of sp³-hybridized carbons (Fsp3) is 0.591. The van der Waals surface area contributed by atoms with Crippen LogP contribution in [0.2, 0.25) is 0 Å². The van der Waals surface area contributed by atoms with Gasteiger partial charge in [0.05, 0.1) is 11.2 Å². The zero-order valence-electron chi connectivity index (χ0n) is 17.4. The second kappa shape index (κ2) is 8.76. The summed E-state index contributed by atoms with van der Waals surface area (Å²) < 4.78 is 5.30. The predicted octanol–water partition coefficient (Wildman–Crippen LogP) is 4.68. The van der Waals surface area contributed by atoms with Crippen LogP contribution in [0.15, 0.2) is 24.3 Å². The van der Waals surface area contributed by atoms with Crippen molar-refractivity contribution in [3.63, 3.8) is 0 Å². The van der Waals surface area contributed by atoms with Crippen molar-refractivity contribution in [2.24, 2.45) is 11.8 Å². The van der Waals surface area contributed by atoms with Crippen LogP contribution in [0.5, 0.6) is 0 Å². The van der Waals surface area contributed by atoms with Gasteiger partial charge in [0.15, 0.2) is 0 Å². The first-order valence-electron chi connectivity index (χ1n) is 10.2. The number of hydrogen-bond acceptors (Lipinski definition) is 5. The molecule has 1 heterocycles. The van der Waals surface area contributed by atoms with E-state index in [1.807, 2.05) is 45.9 Å². The molecule has 0 atom stereocenters. The van der Waals surface area contributed by atoms with Gasteiger partial charge in [0, 0.05) is 18.5 Å². The lowest BCUT2D eigenvalue weighted by Gasteiger charge is -2.29. The molecule has 1 aromatic carbocycles. The van der Waals surface area contributed by atoms with E-state index < -0.39 is 5.60 Å². The third-order valence-corrected chi connectivity index (χ3v) is 5.24. The summed E-state index contributed by atoms with van der Waals surface area (Å²) in [6, 6.07) is 8.10. The maximum atomic E-state index is 11.8. The van der Waals surface area contributed by atoms with Crippen molar-refractivity contribution < 1.29 is 9.53 Å². The van der Waals surface area contributed by atoms with Crippen molar-refractivity contribution in [3.8, 4) is 0 Å². The average molecular weight is 385 g/mol. The summed E-state index contributed by atoms with van der Waals surface area (Å²) in [4.78, 5) is 21.0. The summed E-state index contributed by atoms with van der Waals surface area (Å²) in [7, 11) is 0. The maximum Gasteiger partial charge on any atom is 0.407 e. The standard InChI is InChI=1S/C22H32N4O2/c1-15-18-7-5-6-8-19(18)26-20(25-15)23-13-16-9-11-17(12-10-16)14-24-21(27)28-22(2,3)4/h5-8,16-17H,9-14H2,1-4H3,(H,24,27)(H,23,25,26). The van der Waals surface area contributed by atoms with E-state index in [0.717, 1.165) is 48.8 Å². The van der Waals surface area contributed by atoms with Crippen LogP contribution in [0.3, 0.4) is 0 Å². The van der Waals surface area contributed by atoms with Gasteiger partial charge < -0.3 is 15.4 Å². The van der Waals surface area contributed by atoms with E-state index in [-0.39, 0.29) is 6.09 Å². The number of alkyl carbamates (subject to hydrolysis) is 1. The quantitative estimate of drug-likeness (QED) is 0.783. The first-order chi connectivity index (χ1) is 13.3. The normalized spacial score (nSPS) is 20.0. The van der Waals surface area contributed by atoms with Gasteiger partial charge in [-0.25, -0.2) is 14.8 Å². The molecule has 0 bridgehead atoms. The van der Waals surface area contributed by atoms with E-state index in [0.29, 0.717) is 24.3 Å². The Labute approximate surface area is 167 Å². The third kappa shape index (κ3) is 5.81. The molecule has 1 saturated carbocycles. The van der Waals surface area contributed by atoms with Crippen molar-refractivity contribution in [2.45, 2.75) is 59.0 Å². The number of fused-ring (bicyclic) bond motifs is 1. The number of benzene rings is 1. The third-order valence-electron chi connectivity index (χ3n) is 5.24. The fourth-order valence-corrected chi connectivity index (χ4v) is 3.73. The van der Waals surface area contributed by atoms with E-state index in [9.17, 15) is 4.79 Å². The van der Waals surface area contributed by atoms with Crippen molar-refractivity contribution in [1.82, 2.24) is 15.3 Å². The predicted molar refractivity (Wildman–Crippen MR) is 112 cm³/mol. The molecule has 2 N–H and O–H groups in total. The molecule has 3 rings (SSSR count). The van der Waals surface area contributed by atoms with Crippen LogP contribution in [0, 0.1) is 18.8 Å². The summed E-state index contributed by atoms with van der Waals surface area (Å²) in [5.41, 5.74) is 1.54. The molecule has 152 valence electrons. The molecule has 0 aliphatic heterocycles. The summed E-state index contributed by atoms with van der Waals surface area (Å²) >= 11 is 0. The molecular formula is C22H32N4O2. The van der Waals surface area contributed by atoms with Gasteiger partial charge >= 0.3 is 6.09 Å². The molecule has 28 heavy (non-hydrogen) atoms. The van der Waals surface area contributed by atoms with Crippen molar-refractivity contribution in [3.05, 3.63) is 30.0 Å². The Kier molecular flexibility index (Phi) is 6.37. The molecule has 6 heteroatoms. The highest BCUT2D eigenvalue weighted by Gasteiger charge is 2.23. The van der Waals surface area contributed by atoms with Crippen LogP contribution in [-0.2, 0) is 4.74 Å². The van der Waals surface area contributed by atoms with Gasteiger partial charge in [-0.2, -0.15) is 0 Å². The monoisotopic (exact) mass is 384 g/mol. The molecule has 0 spiro atoms. The number of anilines is 1. The van der Waals surface area contributed by atoms with Crippen LogP contribution in [-0.4, -0.2) is 34.8 Å². The lowest BCUT2D eigenvalue weighted by molar-refractivity contribution is 0.0513. The van der Waals surface area contributed by atoms with Crippen molar-refractivity contribution in [1.29, 1.82) is 0 Å². The highest BCUT2D eigenvalue weighted by Crippen LogP contribution is 2.28. The first-order valence-corrected chi connectivity index (χ1v) is 10.2. The Morgan fingerprint density at radius 2 is 1.71 bits per heavy atom. The number of hydrogen-bond donors (Lipinski definition) is 2. The number of carbonyl (C=O) groups is 1. The minimum atomic E-state index is -0.448. The molecule has 0 radical (unpaired) electrons. The maximum absolute atomic E-state index is 11.8. The number of ether oxygens (including phenoxy) is 1. The van der Waals surface area contributed by atoms with Crippen LogP contribution in [0.1, 0.15) is 52.1 Å². The molecule has 1 aliphatic carbocycles. The van der Waals surface area contributed by atoms with Gasteiger partial charge in [0.25, 0.3) is 0 Å². The molecule has 1 aromatic heterocycles. The number of nitrogens with zero attached hydrogens (tertiary/aromatic N) is 2. The SMILES string of the molecule is Cc1nc(NCC2CCC(CNC(=O)OC(C)(C)C)CC2)nc2ccccc12. The van der Waals surface area contributed by atoms with Crippen LogP contribution < -0.4 is 10.6 Å². The largest absolute Gasteiger partial charge is 0.444 e. The first kappa shape index (κ1) is 20.4. The lowest BCUT2D eigenvalue weighted by Crippen LogP contribution is -2.36. The summed E-state index contributed by atoms with van der Waals surface area (Å²) in [6.45, 7) is 9.26. The number of aromatic nitrogens is 2. The molecule has 1 amide bonds. The topological polar surface area (TPSA) is 76.1 Å². The average Bonchev–Trinajstić information content (AvgIpc) is 2.64. The van der Waals surface area contributed by atoms with E-state index in [1.54, 1.807) is 0 Å². The summed E-state index contributed by atoms with van der Waals surface area (Å²) in [5.74, 6) is 1.86. The number of rotatable bonds is 5. The van der Waals surface area contributed by atoms with Gasteiger partial charge in [-0.3, -0.25) is 0 Å². The van der Waals surface area contributed by atoms with Gasteiger partial charge in [-0.05, 0) is 71.3 Å². The number of carbonyl (C=O) groups excluding carboxylic acids is 1. The number of aryl methyl sites for hydroxylation is 1. The molecular weight excluding hydrogens is 352 g/mol. The fourth-order valence-electron chi connectivity index (χ4n) is 3.73. The lowest BCUT2D eigenvalue weighted by atomic mass is 9.82. The molecule has 1 aliphatic rings. The molecule has 6 nitrogen and oxygen atoms in total. The summed E-state index contributed by atoms with van der Waals surface area (Å²) in [6.07, 6.45) is 4.24. The van der Waals surface area contributed by atoms with Crippen LogP contribution in [0.4, 0.5) is 10.7 Å². The highest BCUT2D eigenvalue weighted by atomic mass is 16.6. The zero-order chi connectivity index (χ0) is 20.1. The van der Waals surface area contributed by atoms with Crippen molar-refractivity contribution in [2.75, 3.05) is 18.4 Å². The smallest absolute Gasteiger partial charge is 0.407 e. The van der Waals surface area contributed by atoms with Gasteiger partial charge in [-0.1, -0.05) is 18.2 Å². The van der Waals surface area contributed by atoms with E-state index in [4.69, 9.17) is 4.74 Å². The minimum Gasteiger partial charge on any atom is -0.444 e. The van der Waals surface area contributed by atoms with Gasteiger partial charge in [0.2, 0.25) is 5.95 Å². The highest BCUT2D eigenvalue weighted by molar-refractivity contribution is 5.81. The Hall–Kier alpha value is -2.37. The van der Waals surface area contributed by atoms with Crippen LogP contribution in [0.25, 0.3) is 10.9 Å². The van der Waals surface area contributed by atoms with Crippen molar-refractivity contribution >= 4 is 22.9 Å². The molecule has 0 unspecified atom stereocenters. The second-order valence-corrected chi connectivity index (χ2v) is 8.80. The van der Waals surface area contributed by atoms with Crippen LogP contribution >= 0.6 is 0 Å². The zero-order valence-corrected chi connectivity index (χ0v) is 17.4. The molecule has 1 fully saturated rings. The Balaban J connectivity index is 1.42. The Morgan fingerprint density at radius 1 is 1.07 bits per heavy atom. The number of nitrogens with one attached hydrogen (secondary N) is 2. The minimum absolute atomic E-state index is 0.319. The number of para-hydroxylation sites is 1. The summed E-state index contributed by atoms with van der Waals surface area (Å²) in [5, 5.41) is 7.44. The van der Waals surface area contributed by atoms with Gasteiger partial charge in [-0.15, -0.1) is 0 Å².